The summed E-state index contributed by atoms with van der Waals surface area (Å²) in [5.41, 5.74) is 11.6. The fourth-order valence-electron chi connectivity index (χ4n) is 3.67. The van der Waals surface area contributed by atoms with E-state index in [1.165, 1.54) is 6.42 Å². The molecule has 0 saturated heterocycles. The summed E-state index contributed by atoms with van der Waals surface area (Å²) < 4.78 is 2.05. The van der Waals surface area contributed by atoms with Crippen LogP contribution in [0.3, 0.4) is 0 Å². The number of imidazole rings is 1. The average molecular weight is 317 g/mol. The Balaban J connectivity index is 2.08. The number of fused-ring (bicyclic) bond motifs is 2. The molecular weight excluding hydrogens is 298 g/mol. The number of anilines is 1. The number of para-hydroxylation sites is 2. The minimum atomic E-state index is 0.320. The third kappa shape index (κ3) is 2.15. The van der Waals surface area contributed by atoms with Crippen molar-refractivity contribution in [3.8, 4) is 17.5 Å². The van der Waals surface area contributed by atoms with Crippen LogP contribution in [0.1, 0.15) is 36.1 Å². The largest absolute Gasteiger partial charge is 0.383 e. The summed E-state index contributed by atoms with van der Waals surface area (Å²) in [5.74, 6) is 1.13. The Morgan fingerprint density at radius 2 is 1.92 bits per heavy atom. The minimum Gasteiger partial charge on any atom is -0.383 e. The van der Waals surface area contributed by atoms with Crippen molar-refractivity contribution in [1.29, 1.82) is 5.26 Å². The van der Waals surface area contributed by atoms with Crippen LogP contribution < -0.4 is 5.73 Å². The molecule has 0 bridgehead atoms. The zero-order valence-corrected chi connectivity index (χ0v) is 13.7. The molecule has 1 aliphatic rings. The van der Waals surface area contributed by atoms with E-state index >= 15 is 0 Å². The summed E-state index contributed by atoms with van der Waals surface area (Å²) in [4.78, 5) is 9.33. The van der Waals surface area contributed by atoms with Gasteiger partial charge in [-0.3, -0.25) is 0 Å². The Bertz CT molecular complexity index is 978. The number of nitrogens with zero attached hydrogens (tertiary/aromatic N) is 4. The lowest BCUT2D eigenvalue weighted by molar-refractivity contribution is 0.709. The predicted octanol–water partition coefficient (Wildman–Crippen LogP) is 3.36. The Hall–Kier alpha value is -2.87. The molecule has 0 aliphatic heterocycles. The molecule has 2 heterocycles. The molecular formula is C19H19N5. The number of benzene rings is 1. The van der Waals surface area contributed by atoms with Crippen molar-refractivity contribution in [3.05, 3.63) is 41.1 Å². The number of hydrogen-bond donors (Lipinski definition) is 1. The fraction of sp³-hybridized carbons (Fsp3) is 0.316. The van der Waals surface area contributed by atoms with Gasteiger partial charge >= 0.3 is 0 Å². The maximum atomic E-state index is 9.69. The highest BCUT2D eigenvalue weighted by molar-refractivity contribution is 5.84. The van der Waals surface area contributed by atoms with Gasteiger partial charge < -0.3 is 10.3 Å². The second kappa shape index (κ2) is 5.64. The molecule has 0 radical (unpaired) electrons. The third-order valence-corrected chi connectivity index (χ3v) is 4.87. The number of nitrogens with two attached hydrogens (primary N) is 1. The van der Waals surface area contributed by atoms with Crippen molar-refractivity contribution in [2.75, 3.05) is 5.73 Å². The van der Waals surface area contributed by atoms with Gasteiger partial charge in [0.25, 0.3) is 0 Å². The number of aromatic nitrogens is 3. The van der Waals surface area contributed by atoms with E-state index in [2.05, 4.69) is 15.6 Å². The topological polar surface area (TPSA) is 80.5 Å². The maximum Gasteiger partial charge on any atom is 0.142 e. The van der Waals surface area contributed by atoms with E-state index in [1.54, 1.807) is 0 Å². The number of rotatable bonds is 1. The molecule has 0 fully saturated rings. The number of aryl methyl sites for hydroxylation is 2. The van der Waals surface area contributed by atoms with Crippen LogP contribution in [0, 0.1) is 11.3 Å². The molecule has 2 N–H and O–H groups in total. The Morgan fingerprint density at radius 3 is 2.71 bits per heavy atom. The highest BCUT2D eigenvalue weighted by atomic mass is 15.1. The van der Waals surface area contributed by atoms with Gasteiger partial charge in [0, 0.05) is 18.3 Å². The van der Waals surface area contributed by atoms with E-state index in [4.69, 9.17) is 10.7 Å². The van der Waals surface area contributed by atoms with Crippen LogP contribution in [-0.2, 0) is 19.9 Å². The van der Waals surface area contributed by atoms with Crippen LogP contribution >= 0.6 is 0 Å². The highest BCUT2D eigenvalue weighted by Crippen LogP contribution is 2.35. The van der Waals surface area contributed by atoms with Gasteiger partial charge in [0.15, 0.2) is 0 Å². The molecule has 0 saturated carbocycles. The van der Waals surface area contributed by atoms with Crippen molar-refractivity contribution < 1.29 is 0 Å². The molecule has 24 heavy (non-hydrogen) atoms. The quantitative estimate of drug-likeness (QED) is 0.698. The zero-order valence-electron chi connectivity index (χ0n) is 13.7. The molecule has 4 rings (SSSR count). The first kappa shape index (κ1) is 14.7. The lowest BCUT2D eigenvalue weighted by Crippen LogP contribution is -2.09. The van der Waals surface area contributed by atoms with Crippen LogP contribution in [0.25, 0.3) is 22.4 Å². The number of nitrogen functional groups attached to an aromatic ring is 1. The minimum absolute atomic E-state index is 0.320. The molecule has 1 aromatic carbocycles. The first-order valence-corrected chi connectivity index (χ1v) is 8.34. The monoisotopic (exact) mass is 317 g/mol. The van der Waals surface area contributed by atoms with E-state index < -0.39 is 0 Å². The van der Waals surface area contributed by atoms with Gasteiger partial charge in [0.05, 0.1) is 11.0 Å². The summed E-state index contributed by atoms with van der Waals surface area (Å²) in [6, 6.07) is 10.3. The number of pyridine rings is 1. The van der Waals surface area contributed by atoms with Gasteiger partial charge in [-0.1, -0.05) is 18.6 Å². The summed E-state index contributed by atoms with van der Waals surface area (Å²) in [6.07, 6.45) is 5.26. The fourth-order valence-corrected chi connectivity index (χ4v) is 3.67. The summed E-state index contributed by atoms with van der Waals surface area (Å²) >= 11 is 0. The van der Waals surface area contributed by atoms with Crippen LogP contribution in [0.5, 0.6) is 0 Å². The summed E-state index contributed by atoms with van der Waals surface area (Å²) in [7, 11) is 1.99. The zero-order chi connectivity index (χ0) is 16.7. The molecule has 2 aromatic heterocycles. The summed E-state index contributed by atoms with van der Waals surface area (Å²) in [5, 5.41) is 9.69. The van der Waals surface area contributed by atoms with Crippen molar-refractivity contribution in [2.45, 2.75) is 32.1 Å². The van der Waals surface area contributed by atoms with E-state index in [0.29, 0.717) is 11.4 Å². The van der Waals surface area contributed by atoms with Gasteiger partial charge in [0.1, 0.15) is 23.3 Å². The van der Waals surface area contributed by atoms with Crippen molar-refractivity contribution in [3.63, 3.8) is 0 Å². The van der Waals surface area contributed by atoms with Crippen molar-refractivity contribution in [2.24, 2.45) is 7.05 Å². The van der Waals surface area contributed by atoms with Gasteiger partial charge in [-0.2, -0.15) is 5.26 Å². The van der Waals surface area contributed by atoms with Crippen LogP contribution in [-0.4, -0.2) is 14.5 Å². The first-order chi connectivity index (χ1) is 11.7. The smallest absolute Gasteiger partial charge is 0.142 e. The Kier molecular flexibility index (Phi) is 3.46. The normalized spacial score (nSPS) is 14.2. The molecule has 0 unspecified atom stereocenters. The second-order valence-corrected chi connectivity index (χ2v) is 6.33. The van der Waals surface area contributed by atoms with E-state index in [9.17, 15) is 5.26 Å². The maximum absolute atomic E-state index is 9.69. The molecule has 0 amide bonds. The van der Waals surface area contributed by atoms with Crippen LogP contribution in [0.15, 0.2) is 24.3 Å². The van der Waals surface area contributed by atoms with Gasteiger partial charge in [-0.25, -0.2) is 9.97 Å². The van der Waals surface area contributed by atoms with Gasteiger partial charge in [0.2, 0.25) is 0 Å². The van der Waals surface area contributed by atoms with Gasteiger partial charge in [-0.05, 0) is 43.4 Å². The highest BCUT2D eigenvalue weighted by Gasteiger charge is 2.24. The molecule has 0 atom stereocenters. The standard InChI is InChI=1S/C19H19N5/c1-24-16-10-6-5-9-15(16)23-19(24)17-12-7-3-2-4-8-14(12)22-18(21)13(17)11-20/h5-6,9-10H,2-4,7-8H2,1H3,(H2,21,22). The van der Waals surface area contributed by atoms with Crippen molar-refractivity contribution in [1.82, 2.24) is 14.5 Å². The van der Waals surface area contributed by atoms with Gasteiger partial charge in [-0.15, -0.1) is 0 Å². The molecule has 5 heteroatoms. The molecule has 1 aliphatic carbocycles. The first-order valence-electron chi connectivity index (χ1n) is 8.34. The number of nitriles is 1. The lowest BCUT2D eigenvalue weighted by Gasteiger charge is -2.15. The van der Waals surface area contributed by atoms with Crippen LogP contribution in [0.4, 0.5) is 5.82 Å². The lowest BCUT2D eigenvalue weighted by atomic mass is 9.96. The van der Waals surface area contributed by atoms with E-state index in [-0.39, 0.29) is 0 Å². The molecule has 3 aromatic rings. The molecule has 0 spiro atoms. The number of hydrogen-bond acceptors (Lipinski definition) is 4. The van der Waals surface area contributed by atoms with Crippen molar-refractivity contribution >= 4 is 16.9 Å². The Labute approximate surface area is 140 Å². The SMILES string of the molecule is Cn1c(-c2c(C#N)c(N)nc3c2CCCCC3)nc2ccccc21. The molecule has 120 valence electrons. The van der Waals surface area contributed by atoms with Crippen LogP contribution in [0.2, 0.25) is 0 Å². The van der Waals surface area contributed by atoms with E-state index in [1.807, 2.05) is 31.3 Å². The average Bonchev–Trinajstić information content (AvgIpc) is 2.76. The third-order valence-electron chi connectivity index (χ3n) is 4.87. The summed E-state index contributed by atoms with van der Waals surface area (Å²) in [6.45, 7) is 0. The Morgan fingerprint density at radius 1 is 1.12 bits per heavy atom. The van der Waals surface area contributed by atoms with E-state index in [0.717, 1.165) is 59.4 Å². The second-order valence-electron chi connectivity index (χ2n) is 6.33. The predicted molar refractivity (Wildman–Crippen MR) is 94.3 cm³/mol. The molecule has 5 nitrogen and oxygen atoms in total.